The van der Waals surface area contributed by atoms with E-state index in [9.17, 15) is 10.2 Å². The SMILES string of the molecule is CC1(C)[C@@H]2CC[C@]3(C)Oc4cc(O)cc(O)c4[C@@H]1[C@H]23. The number of fused-ring (bicyclic) bond motifs is 2. The Bertz CT molecular complexity index is 578. The highest BCUT2D eigenvalue weighted by Crippen LogP contribution is 2.74. The van der Waals surface area contributed by atoms with Crippen LogP contribution in [-0.4, -0.2) is 15.8 Å². The lowest BCUT2D eigenvalue weighted by Gasteiger charge is -2.62. The van der Waals surface area contributed by atoms with Crippen LogP contribution in [0, 0.1) is 17.3 Å². The standard InChI is InChI=1S/C16H20O3/c1-15(2)9-4-5-16(3)13(9)14(15)12-10(18)6-8(17)7-11(12)19-16/h6-7,9,13-14,17-18H,4-5H2,1-3H3/t9-,13+,14-,16+/m1/s1. The molecule has 0 bridgehead atoms. The Hall–Kier alpha value is -1.38. The molecule has 2 fully saturated rings. The molecule has 0 unspecified atom stereocenters. The third-order valence-electron chi connectivity index (χ3n) is 5.97. The fourth-order valence-corrected chi connectivity index (χ4v) is 5.13. The zero-order valence-corrected chi connectivity index (χ0v) is 11.6. The molecule has 19 heavy (non-hydrogen) atoms. The zero-order chi connectivity index (χ0) is 13.6. The van der Waals surface area contributed by atoms with Crippen LogP contribution < -0.4 is 4.74 Å². The molecule has 1 aromatic carbocycles. The lowest BCUT2D eigenvalue weighted by molar-refractivity contribution is -0.121. The molecule has 4 atom stereocenters. The molecule has 3 nitrogen and oxygen atoms in total. The van der Waals surface area contributed by atoms with Crippen molar-refractivity contribution in [1.82, 2.24) is 0 Å². The quantitative estimate of drug-likeness (QED) is 0.751. The second-order valence-electron chi connectivity index (χ2n) is 7.26. The summed E-state index contributed by atoms with van der Waals surface area (Å²) in [6, 6.07) is 3.08. The monoisotopic (exact) mass is 260 g/mol. The summed E-state index contributed by atoms with van der Waals surface area (Å²) in [5.74, 6) is 2.46. The van der Waals surface area contributed by atoms with Crippen molar-refractivity contribution in [2.24, 2.45) is 17.3 Å². The summed E-state index contributed by atoms with van der Waals surface area (Å²) in [7, 11) is 0. The van der Waals surface area contributed by atoms with Crippen LogP contribution in [-0.2, 0) is 0 Å². The number of phenolic OH excluding ortho intramolecular Hbond substituents is 2. The van der Waals surface area contributed by atoms with Crippen LogP contribution in [0.2, 0.25) is 0 Å². The predicted molar refractivity (Wildman–Crippen MR) is 71.5 cm³/mol. The van der Waals surface area contributed by atoms with Gasteiger partial charge in [-0.1, -0.05) is 13.8 Å². The van der Waals surface area contributed by atoms with Gasteiger partial charge in [-0.2, -0.15) is 0 Å². The van der Waals surface area contributed by atoms with E-state index in [1.165, 1.54) is 12.5 Å². The molecule has 0 radical (unpaired) electrons. The molecule has 1 heterocycles. The van der Waals surface area contributed by atoms with E-state index in [0.717, 1.165) is 12.0 Å². The van der Waals surface area contributed by atoms with Gasteiger partial charge in [0.2, 0.25) is 0 Å². The first-order chi connectivity index (χ1) is 8.84. The molecule has 1 aromatic rings. The number of rotatable bonds is 0. The molecule has 1 aliphatic heterocycles. The highest BCUT2D eigenvalue weighted by molar-refractivity contribution is 5.56. The van der Waals surface area contributed by atoms with Crippen LogP contribution in [0.5, 0.6) is 17.2 Å². The lowest BCUT2D eigenvalue weighted by Crippen LogP contribution is -2.59. The van der Waals surface area contributed by atoms with E-state index in [0.29, 0.717) is 23.5 Å². The van der Waals surface area contributed by atoms with E-state index >= 15 is 0 Å². The molecular formula is C16H20O3. The predicted octanol–water partition coefficient (Wildman–Crippen LogP) is 3.40. The minimum Gasteiger partial charge on any atom is -0.508 e. The Balaban J connectivity index is 1.95. The maximum Gasteiger partial charge on any atom is 0.131 e. The molecule has 0 spiro atoms. The van der Waals surface area contributed by atoms with Crippen molar-refractivity contribution in [3.63, 3.8) is 0 Å². The Morgan fingerprint density at radius 3 is 2.68 bits per heavy atom. The van der Waals surface area contributed by atoms with Gasteiger partial charge in [-0.3, -0.25) is 0 Å². The first-order valence-corrected chi connectivity index (χ1v) is 7.09. The largest absolute Gasteiger partial charge is 0.508 e. The Morgan fingerprint density at radius 1 is 1.21 bits per heavy atom. The maximum atomic E-state index is 10.2. The third-order valence-corrected chi connectivity index (χ3v) is 5.97. The molecule has 2 N–H and O–H groups in total. The number of phenols is 2. The van der Waals surface area contributed by atoms with Crippen LogP contribution in [0.4, 0.5) is 0 Å². The van der Waals surface area contributed by atoms with Crippen molar-refractivity contribution in [2.45, 2.75) is 45.1 Å². The summed E-state index contributed by atoms with van der Waals surface area (Å²) < 4.78 is 6.18. The van der Waals surface area contributed by atoms with Gasteiger partial charge in [0.05, 0.1) is 0 Å². The maximum absolute atomic E-state index is 10.2. The first kappa shape index (κ1) is 11.4. The molecule has 2 aliphatic carbocycles. The minimum atomic E-state index is -0.127. The lowest BCUT2D eigenvalue weighted by atomic mass is 9.45. The van der Waals surface area contributed by atoms with Gasteiger partial charge in [-0.15, -0.1) is 0 Å². The third kappa shape index (κ3) is 1.15. The van der Waals surface area contributed by atoms with Crippen LogP contribution in [0.15, 0.2) is 12.1 Å². The molecule has 3 aliphatic rings. The van der Waals surface area contributed by atoms with Crippen LogP contribution in [0.3, 0.4) is 0 Å². The molecule has 102 valence electrons. The molecule has 3 heteroatoms. The van der Waals surface area contributed by atoms with Gasteiger partial charge in [-0.25, -0.2) is 0 Å². The number of benzene rings is 1. The van der Waals surface area contributed by atoms with Gasteiger partial charge in [0.25, 0.3) is 0 Å². The van der Waals surface area contributed by atoms with Crippen molar-refractivity contribution in [3.05, 3.63) is 17.7 Å². The summed E-state index contributed by atoms with van der Waals surface area (Å²) >= 11 is 0. The summed E-state index contributed by atoms with van der Waals surface area (Å²) in [5, 5.41) is 19.9. The average Bonchev–Trinajstić information content (AvgIpc) is 2.61. The van der Waals surface area contributed by atoms with Gasteiger partial charge in [-0.05, 0) is 31.1 Å². The summed E-state index contributed by atoms with van der Waals surface area (Å²) in [6.07, 6.45) is 2.27. The average molecular weight is 260 g/mol. The topological polar surface area (TPSA) is 49.7 Å². The van der Waals surface area contributed by atoms with Gasteiger partial charge < -0.3 is 14.9 Å². The van der Waals surface area contributed by atoms with E-state index in [-0.39, 0.29) is 22.5 Å². The molecule has 4 rings (SSSR count). The van der Waals surface area contributed by atoms with Crippen molar-refractivity contribution in [3.8, 4) is 17.2 Å². The number of aromatic hydroxyl groups is 2. The Labute approximate surface area is 113 Å². The Morgan fingerprint density at radius 2 is 1.95 bits per heavy atom. The normalized spacial score (nSPS) is 40.9. The number of hydrogen-bond acceptors (Lipinski definition) is 3. The fraction of sp³-hybridized carbons (Fsp3) is 0.625. The second kappa shape index (κ2) is 3.02. The molecular weight excluding hydrogens is 240 g/mol. The number of hydrogen-bond donors (Lipinski definition) is 2. The highest BCUT2D eigenvalue weighted by Gasteiger charge is 2.69. The van der Waals surface area contributed by atoms with E-state index in [1.54, 1.807) is 6.07 Å². The van der Waals surface area contributed by atoms with E-state index in [4.69, 9.17) is 4.74 Å². The van der Waals surface area contributed by atoms with Gasteiger partial charge in [0.1, 0.15) is 22.8 Å². The van der Waals surface area contributed by atoms with E-state index in [2.05, 4.69) is 20.8 Å². The fourth-order valence-electron chi connectivity index (χ4n) is 5.13. The van der Waals surface area contributed by atoms with Crippen molar-refractivity contribution < 1.29 is 14.9 Å². The first-order valence-electron chi connectivity index (χ1n) is 7.09. The minimum absolute atomic E-state index is 0.0741. The molecule has 0 aromatic heterocycles. The smallest absolute Gasteiger partial charge is 0.131 e. The van der Waals surface area contributed by atoms with Gasteiger partial charge in [0, 0.05) is 29.5 Å². The molecule has 0 saturated heterocycles. The van der Waals surface area contributed by atoms with Crippen molar-refractivity contribution in [1.29, 1.82) is 0 Å². The second-order valence-corrected chi connectivity index (χ2v) is 7.26. The van der Waals surface area contributed by atoms with Crippen LogP contribution in [0.1, 0.15) is 45.1 Å². The summed E-state index contributed by atoms with van der Waals surface area (Å²) in [5.41, 5.74) is 0.983. The van der Waals surface area contributed by atoms with Gasteiger partial charge in [0.15, 0.2) is 0 Å². The van der Waals surface area contributed by atoms with E-state index < -0.39 is 0 Å². The molecule has 0 amide bonds. The van der Waals surface area contributed by atoms with Crippen molar-refractivity contribution in [2.75, 3.05) is 0 Å². The zero-order valence-electron chi connectivity index (χ0n) is 11.6. The summed E-state index contributed by atoms with van der Waals surface area (Å²) in [6.45, 7) is 6.78. The summed E-state index contributed by atoms with van der Waals surface area (Å²) in [4.78, 5) is 0. The number of ether oxygens (including phenoxy) is 1. The van der Waals surface area contributed by atoms with E-state index in [1.807, 2.05) is 0 Å². The van der Waals surface area contributed by atoms with Crippen LogP contribution in [0.25, 0.3) is 0 Å². The Kier molecular flexibility index (Phi) is 1.82. The van der Waals surface area contributed by atoms with Crippen molar-refractivity contribution >= 4 is 0 Å². The highest BCUT2D eigenvalue weighted by atomic mass is 16.5. The van der Waals surface area contributed by atoms with Gasteiger partial charge >= 0.3 is 0 Å². The molecule has 2 saturated carbocycles. The van der Waals surface area contributed by atoms with Crippen LogP contribution >= 0.6 is 0 Å².